The lowest BCUT2D eigenvalue weighted by Crippen LogP contribution is -2.51. The summed E-state index contributed by atoms with van der Waals surface area (Å²) in [5.41, 5.74) is 1.93. The van der Waals surface area contributed by atoms with E-state index in [0.717, 1.165) is 42.6 Å². The van der Waals surface area contributed by atoms with E-state index in [9.17, 15) is 9.59 Å². The van der Waals surface area contributed by atoms with Crippen LogP contribution in [0.2, 0.25) is 0 Å². The van der Waals surface area contributed by atoms with Gasteiger partial charge in [-0.25, -0.2) is 0 Å². The van der Waals surface area contributed by atoms with Crippen LogP contribution in [0, 0.1) is 0 Å². The minimum absolute atomic E-state index is 0.0346. The van der Waals surface area contributed by atoms with E-state index in [1.807, 2.05) is 61.5 Å². The first-order valence-electron chi connectivity index (χ1n) is 11.4. The highest BCUT2D eigenvalue weighted by Gasteiger charge is 2.30. The van der Waals surface area contributed by atoms with Crippen molar-refractivity contribution < 1.29 is 14.3 Å². The van der Waals surface area contributed by atoms with Crippen LogP contribution in [0.4, 0.5) is 0 Å². The second kappa shape index (κ2) is 11.5. The SMILES string of the molecule is CC[C@H](C(=O)NC1CCCCC1)N(Cc1ccc(OC)cc1)C(=O)Cc1ccccc1. The maximum atomic E-state index is 13.4. The summed E-state index contributed by atoms with van der Waals surface area (Å²) in [6.07, 6.45) is 6.47. The standard InChI is InChI=1S/C26H34N2O3/c1-3-24(26(30)27-22-12-8-5-9-13-22)28(19-21-14-16-23(31-2)17-15-21)25(29)18-20-10-6-4-7-11-20/h4,6-7,10-11,14-17,22,24H,3,5,8-9,12-13,18-19H2,1-2H3,(H,27,30)/t24-/m1/s1. The van der Waals surface area contributed by atoms with Crippen LogP contribution in [0.3, 0.4) is 0 Å². The monoisotopic (exact) mass is 422 g/mol. The second-order valence-electron chi connectivity index (χ2n) is 8.30. The van der Waals surface area contributed by atoms with Crippen molar-refractivity contribution in [3.63, 3.8) is 0 Å². The van der Waals surface area contributed by atoms with Gasteiger partial charge in [0.25, 0.3) is 0 Å². The van der Waals surface area contributed by atoms with Gasteiger partial charge in [0, 0.05) is 12.6 Å². The molecule has 1 fully saturated rings. The van der Waals surface area contributed by atoms with Gasteiger partial charge in [-0.05, 0) is 42.5 Å². The smallest absolute Gasteiger partial charge is 0.243 e. The Kier molecular flexibility index (Phi) is 8.51. The molecular weight excluding hydrogens is 388 g/mol. The molecule has 0 unspecified atom stereocenters. The zero-order chi connectivity index (χ0) is 22.1. The normalized spacial score (nSPS) is 15.2. The van der Waals surface area contributed by atoms with Crippen molar-refractivity contribution >= 4 is 11.8 Å². The molecule has 0 aromatic heterocycles. The second-order valence-corrected chi connectivity index (χ2v) is 8.30. The van der Waals surface area contributed by atoms with Gasteiger partial charge in [-0.15, -0.1) is 0 Å². The highest BCUT2D eigenvalue weighted by atomic mass is 16.5. The van der Waals surface area contributed by atoms with Crippen LogP contribution in [0.1, 0.15) is 56.6 Å². The van der Waals surface area contributed by atoms with E-state index in [-0.39, 0.29) is 24.3 Å². The molecule has 0 radical (unpaired) electrons. The zero-order valence-corrected chi connectivity index (χ0v) is 18.7. The van der Waals surface area contributed by atoms with Gasteiger partial charge in [0.15, 0.2) is 0 Å². The van der Waals surface area contributed by atoms with E-state index < -0.39 is 6.04 Å². The number of methoxy groups -OCH3 is 1. The van der Waals surface area contributed by atoms with Gasteiger partial charge in [-0.3, -0.25) is 9.59 Å². The predicted octanol–water partition coefficient (Wildman–Crippen LogP) is 4.49. The molecule has 0 saturated heterocycles. The molecule has 1 saturated carbocycles. The fourth-order valence-electron chi connectivity index (χ4n) is 4.26. The maximum absolute atomic E-state index is 13.4. The number of hydrogen-bond donors (Lipinski definition) is 1. The lowest BCUT2D eigenvalue weighted by molar-refractivity contribution is -0.141. The Bertz CT molecular complexity index is 829. The van der Waals surface area contributed by atoms with Crippen molar-refractivity contribution in [3.05, 3.63) is 65.7 Å². The van der Waals surface area contributed by atoms with Crippen LogP contribution in [-0.4, -0.2) is 35.9 Å². The molecule has 31 heavy (non-hydrogen) atoms. The third-order valence-electron chi connectivity index (χ3n) is 6.05. The first kappa shape index (κ1) is 22.9. The number of benzene rings is 2. The molecule has 0 heterocycles. The van der Waals surface area contributed by atoms with E-state index in [0.29, 0.717) is 13.0 Å². The lowest BCUT2D eigenvalue weighted by Gasteiger charge is -2.33. The van der Waals surface area contributed by atoms with E-state index in [2.05, 4.69) is 5.32 Å². The van der Waals surface area contributed by atoms with Crippen molar-refractivity contribution in [2.24, 2.45) is 0 Å². The highest BCUT2D eigenvalue weighted by molar-refractivity contribution is 5.88. The van der Waals surface area contributed by atoms with Gasteiger partial charge in [0.2, 0.25) is 11.8 Å². The fourth-order valence-corrected chi connectivity index (χ4v) is 4.26. The molecule has 5 nitrogen and oxygen atoms in total. The van der Waals surface area contributed by atoms with Gasteiger partial charge < -0.3 is 15.0 Å². The predicted molar refractivity (Wildman–Crippen MR) is 123 cm³/mol. The third kappa shape index (κ3) is 6.58. The van der Waals surface area contributed by atoms with Crippen LogP contribution in [-0.2, 0) is 22.6 Å². The molecule has 2 aromatic carbocycles. The van der Waals surface area contributed by atoms with E-state index >= 15 is 0 Å². The van der Waals surface area contributed by atoms with Crippen LogP contribution in [0.25, 0.3) is 0 Å². The Labute approximate surface area is 185 Å². The zero-order valence-electron chi connectivity index (χ0n) is 18.7. The van der Waals surface area contributed by atoms with Crippen molar-refractivity contribution in [1.29, 1.82) is 0 Å². The quantitative estimate of drug-likeness (QED) is 0.648. The van der Waals surface area contributed by atoms with Crippen LogP contribution in [0.15, 0.2) is 54.6 Å². The summed E-state index contributed by atoms with van der Waals surface area (Å²) in [7, 11) is 1.63. The van der Waals surface area contributed by atoms with Crippen LogP contribution >= 0.6 is 0 Å². The number of carbonyl (C=O) groups is 2. The summed E-state index contributed by atoms with van der Waals surface area (Å²) < 4.78 is 5.25. The van der Waals surface area contributed by atoms with Gasteiger partial charge in [0.1, 0.15) is 11.8 Å². The minimum atomic E-state index is -0.486. The van der Waals surface area contributed by atoms with Gasteiger partial charge in [-0.2, -0.15) is 0 Å². The number of rotatable bonds is 9. The van der Waals surface area contributed by atoms with Crippen molar-refractivity contribution in [2.45, 2.75) is 70.5 Å². The van der Waals surface area contributed by atoms with Gasteiger partial charge in [0.05, 0.1) is 13.5 Å². The van der Waals surface area contributed by atoms with Crippen LogP contribution < -0.4 is 10.1 Å². The number of nitrogens with one attached hydrogen (secondary N) is 1. The Hall–Kier alpha value is -2.82. The molecule has 3 rings (SSSR count). The number of nitrogens with zero attached hydrogens (tertiary/aromatic N) is 1. The lowest BCUT2D eigenvalue weighted by atomic mass is 9.95. The number of hydrogen-bond acceptors (Lipinski definition) is 3. The first-order valence-corrected chi connectivity index (χ1v) is 11.4. The Balaban J connectivity index is 1.78. The molecule has 1 aliphatic rings. The summed E-state index contributed by atoms with van der Waals surface area (Å²) in [6.45, 7) is 2.37. The van der Waals surface area contributed by atoms with Crippen molar-refractivity contribution in [3.8, 4) is 5.75 Å². The van der Waals surface area contributed by atoms with E-state index in [4.69, 9.17) is 4.74 Å². The topological polar surface area (TPSA) is 58.6 Å². The summed E-state index contributed by atoms with van der Waals surface area (Å²) >= 11 is 0. The summed E-state index contributed by atoms with van der Waals surface area (Å²) in [5, 5.41) is 3.22. The molecular formula is C26H34N2O3. The Morgan fingerprint density at radius 2 is 1.68 bits per heavy atom. The summed E-state index contributed by atoms with van der Waals surface area (Å²) in [4.78, 5) is 28.3. The van der Waals surface area contributed by atoms with E-state index in [1.54, 1.807) is 12.0 Å². The third-order valence-corrected chi connectivity index (χ3v) is 6.05. The average Bonchev–Trinajstić information content (AvgIpc) is 2.80. The highest BCUT2D eigenvalue weighted by Crippen LogP contribution is 2.20. The number of ether oxygens (including phenoxy) is 1. The Morgan fingerprint density at radius 1 is 1.00 bits per heavy atom. The Morgan fingerprint density at radius 3 is 2.29 bits per heavy atom. The number of amides is 2. The van der Waals surface area contributed by atoms with Crippen molar-refractivity contribution in [2.75, 3.05) is 7.11 Å². The molecule has 2 aromatic rings. The van der Waals surface area contributed by atoms with Crippen molar-refractivity contribution in [1.82, 2.24) is 10.2 Å². The molecule has 0 spiro atoms. The molecule has 0 aliphatic heterocycles. The molecule has 166 valence electrons. The minimum Gasteiger partial charge on any atom is -0.497 e. The largest absolute Gasteiger partial charge is 0.497 e. The van der Waals surface area contributed by atoms with Crippen LogP contribution in [0.5, 0.6) is 5.75 Å². The molecule has 5 heteroatoms. The number of carbonyl (C=O) groups excluding carboxylic acids is 2. The molecule has 1 atom stereocenters. The average molecular weight is 423 g/mol. The van der Waals surface area contributed by atoms with Gasteiger partial charge >= 0.3 is 0 Å². The molecule has 0 bridgehead atoms. The fraction of sp³-hybridized carbons (Fsp3) is 0.462. The molecule has 1 aliphatic carbocycles. The first-order chi connectivity index (χ1) is 15.1. The maximum Gasteiger partial charge on any atom is 0.243 e. The van der Waals surface area contributed by atoms with E-state index in [1.165, 1.54) is 6.42 Å². The molecule has 1 N–H and O–H groups in total. The van der Waals surface area contributed by atoms with Gasteiger partial charge in [-0.1, -0.05) is 68.7 Å². The molecule has 2 amide bonds. The summed E-state index contributed by atoms with van der Waals surface area (Å²) in [6, 6.07) is 17.1. The summed E-state index contributed by atoms with van der Waals surface area (Å²) in [5.74, 6) is 0.699.